The topological polar surface area (TPSA) is 40.5 Å². The fourth-order valence-electron chi connectivity index (χ4n) is 2.12. The summed E-state index contributed by atoms with van der Waals surface area (Å²) in [5.74, 6) is -0.745. The van der Waals surface area contributed by atoms with Crippen molar-refractivity contribution in [1.82, 2.24) is 4.90 Å². The molecule has 3 heteroatoms. The first-order chi connectivity index (χ1) is 8.90. The fourth-order valence-corrected chi connectivity index (χ4v) is 2.12. The zero-order chi connectivity index (χ0) is 14.5. The van der Waals surface area contributed by atoms with Gasteiger partial charge < -0.3 is 5.11 Å². The molecule has 0 saturated carbocycles. The summed E-state index contributed by atoms with van der Waals surface area (Å²) in [6, 6.07) is 8.16. The van der Waals surface area contributed by atoms with Gasteiger partial charge >= 0.3 is 5.97 Å². The lowest BCUT2D eigenvalue weighted by Crippen LogP contribution is -2.28. The predicted octanol–water partition coefficient (Wildman–Crippen LogP) is 3.18. The van der Waals surface area contributed by atoms with E-state index in [-0.39, 0.29) is 0 Å². The number of carbonyl (C=O) groups is 1. The van der Waals surface area contributed by atoms with E-state index in [0.29, 0.717) is 6.42 Å². The Morgan fingerprint density at radius 1 is 1.16 bits per heavy atom. The molecule has 1 aromatic rings. The largest absolute Gasteiger partial charge is 0.481 e. The third-order valence-corrected chi connectivity index (χ3v) is 3.62. The van der Waals surface area contributed by atoms with Gasteiger partial charge in [-0.25, -0.2) is 0 Å². The average molecular weight is 263 g/mol. The van der Waals surface area contributed by atoms with E-state index in [1.165, 1.54) is 5.56 Å². The average Bonchev–Trinajstić information content (AvgIpc) is 2.37. The molecule has 0 amide bonds. The molecule has 1 aromatic carbocycles. The highest BCUT2D eigenvalue weighted by atomic mass is 16.4. The molecule has 0 aliphatic rings. The minimum Gasteiger partial charge on any atom is -0.481 e. The van der Waals surface area contributed by atoms with Gasteiger partial charge in [-0.05, 0) is 44.5 Å². The van der Waals surface area contributed by atoms with Gasteiger partial charge in [0.1, 0.15) is 0 Å². The number of rotatable bonds is 7. The van der Waals surface area contributed by atoms with Crippen LogP contribution >= 0.6 is 0 Å². The maximum absolute atomic E-state index is 11.3. The highest BCUT2D eigenvalue weighted by molar-refractivity contribution is 5.74. The van der Waals surface area contributed by atoms with Crippen molar-refractivity contribution in [3.05, 3.63) is 35.4 Å². The van der Waals surface area contributed by atoms with E-state index in [1.807, 2.05) is 18.2 Å². The molecular formula is C16H25NO2. The summed E-state index contributed by atoms with van der Waals surface area (Å²) in [5.41, 5.74) is 1.65. The number of carboxylic acid groups (broad SMARTS) is 1. The molecule has 0 spiro atoms. The van der Waals surface area contributed by atoms with Gasteiger partial charge in [-0.2, -0.15) is 0 Å². The van der Waals surface area contributed by atoms with Gasteiger partial charge in [-0.15, -0.1) is 0 Å². The zero-order valence-corrected chi connectivity index (χ0v) is 12.4. The van der Waals surface area contributed by atoms with E-state index in [2.05, 4.69) is 24.8 Å². The van der Waals surface area contributed by atoms with Gasteiger partial charge in [0.2, 0.25) is 0 Å². The summed E-state index contributed by atoms with van der Waals surface area (Å²) >= 11 is 0. The number of nitrogens with zero attached hydrogens (tertiary/aromatic N) is 1. The summed E-state index contributed by atoms with van der Waals surface area (Å²) < 4.78 is 0. The van der Waals surface area contributed by atoms with Gasteiger partial charge in [0.25, 0.3) is 0 Å². The lowest BCUT2D eigenvalue weighted by Gasteiger charge is -2.24. The molecule has 19 heavy (non-hydrogen) atoms. The summed E-state index contributed by atoms with van der Waals surface area (Å²) in [7, 11) is 0. The highest BCUT2D eigenvalue weighted by Gasteiger charge is 2.28. The van der Waals surface area contributed by atoms with Gasteiger partial charge in [-0.3, -0.25) is 9.69 Å². The number of hydrogen-bond acceptors (Lipinski definition) is 2. The maximum Gasteiger partial charge on any atom is 0.309 e. The minimum atomic E-state index is -0.745. The van der Waals surface area contributed by atoms with Crippen LogP contribution in [0.2, 0.25) is 0 Å². The molecule has 0 radical (unpaired) electrons. The number of benzene rings is 1. The summed E-state index contributed by atoms with van der Waals surface area (Å²) in [6.07, 6.45) is 0.569. The highest BCUT2D eigenvalue weighted by Crippen LogP contribution is 2.24. The molecule has 0 aliphatic carbocycles. The molecule has 1 rings (SSSR count). The van der Waals surface area contributed by atoms with Crippen LogP contribution in [-0.2, 0) is 17.8 Å². The molecule has 0 unspecified atom stereocenters. The Hall–Kier alpha value is -1.35. The van der Waals surface area contributed by atoms with E-state index < -0.39 is 11.4 Å². The molecule has 0 aliphatic heterocycles. The standard InChI is InChI=1S/C16H25NO2/c1-5-17(6-2)12-14-10-8-7-9-13(14)11-16(3,4)15(18)19/h7-10H,5-6,11-12H2,1-4H3,(H,18,19). The minimum absolute atomic E-state index is 0.569. The SMILES string of the molecule is CCN(CC)Cc1ccccc1CC(C)(C)C(=O)O. The molecule has 0 fully saturated rings. The molecule has 1 N–H and O–H groups in total. The Bertz CT molecular complexity index is 423. The van der Waals surface area contributed by atoms with Crippen LogP contribution < -0.4 is 0 Å². The Morgan fingerprint density at radius 3 is 2.16 bits per heavy atom. The number of aliphatic carboxylic acids is 1. The van der Waals surface area contributed by atoms with E-state index in [0.717, 1.165) is 25.2 Å². The van der Waals surface area contributed by atoms with Crippen LogP contribution in [0.3, 0.4) is 0 Å². The Labute approximate surface area is 116 Å². The Balaban J connectivity index is 2.93. The van der Waals surface area contributed by atoms with Crippen molar-refractivity contribution >= 4 is 5.97 Å². The first-order valence-corrected chi connectivity index (χ1v) is 6.93. The van der Waals surface area contributed by atoms with E-state index in [1.54, 1.807) is 13.8 Å². The quantitative estimate of drug-likeness (QED) is 0.821. The summed E-state index contributed by atoms with van der Waals surface area (Å²) in [6.45, 7) is 10.8. The van der Waals surface area contributed by atoms with Crippen molar-refractivity contribution < 1.29 is 9.90 Å². The first kappa shape index (κ1) is 15.7. The molecule has 106 valence electrons. The number of carboxylic acids is 1. The molecule has 0 aromatic heterocycles. The smallest absolute Gasteiger partial charge is 0.309 e. The van der Waals surface area contributed by atoms with Gasteiger partial charge in [0, 0.05) is 6.54 Å². The summed E-state index contributed by atoms with van der Waals surface area (Å²) in [5, 5.41) is 9.26. The van der Waals surface area contributed by atoms with Crippen LogP contribution in [0, 0.1) is 5.41 Å². The lowest BCUT2D eigenvalue weighted by molar-refractivity contribution is -0.146. The van der Waals surface area contributed by atoms with Gasteiger partial charge in [0.05, 0.1) is 5.41 Å². The third kappa shape index (κ3) is 4.35. The van der Waals surface area contributed by atoms with E-state index >= 15 is 0 Å². The summed E-state index contributed by atoms with van der Waals surface area (Å²) in [4.78, 5) is 13.6. The van der Waals surface area contributed by atoms with E-state index in [4.69, 9.17) is 0 Å². The lowest BCUT2D eigenvalue weighted by atomic mass is 9.84. The van der Waals surface area contributed by atoms with Crippen molar-refractivity contribution in [3.63, 3.8) is 0 Å². The monoisotopic (exact) mass is 263 g/mol. The second-order valence-corrected chi connectivity index (χ2v) is 5.60. The van der Waals surface area contributed by atoms with Crippen molar-refractivity contribution in [2.45, 2.75) is 40.7 Å². The number of hydrogen-bond donors (Lipinski definition) is 1. The van der Waals surface area contributed by atoms with Crippen LogP contribution in [0.4, 0.5) is 0 Å². The van der Waals surface area contributed by atoms with Crippen LogP contribution in [0.1, 0.15) is 38.8 Å². The van der Waals surface area contributed by atoms with Crippen LogP contribution in [0.25, 0.3) is 0 Å². The Kier molecular flexibility index (Phi) is 5.55. The molecule has 0 bridgehead atoms. The fraction of sp³-hybridized carbons (Fsp3) is 0.562. The molecular weight excluding hydrogens is 238 g/mol. The van der Waals surface area contributed by atoms with Crippen molar-refractivity contribution in [3.8, 4) is 0 Å². The van der Waals surface area contributed by atoms with Gasteiger partial charge in [-0.1, -0.05) is 38.1 Å². The van der Waals surface area contributed by atoms with Crippen LogP contribution in [0.5, 0.6) is 0 Å². The van der Waals surface area contributed by atoms with Crippen molar-refractivity contribution in [1.29, 1.82) is 0 Å². The first-order valence-electron chi connectivity index (χ1n) is 6.93. The molecule has 0 heterocycles. The zero-order valence-electron chi connectivity index (χ0n) is 12.4. The third-order valence-electron chi connectivity index (χ3n) is 3.62. The van der Waals surface area contributed by atoms with E-state index in [9.17, 15) is 9.90 Å². The molecule has 3 nitrogen and oxygen atoms in total. The molecule has 0 atom stereocenters. The van der Waals surface area contributed by atoms with Crippen molar-refractivity contribution in [2.75, 3.05) is 13.1 Å². The van der Waals surface area contributed by atoms with Gasteiger partial charge in [0.15, 0.2) is 0 Å². The van der Waals surface area contributed by atoms with Crippen molar-refractivity contribution in [2.24, 2.45) is 5.41 Å². The van der Waals surface area contributed by atoms with Crippen LogP contribution in [-0.4, -0.2) is 29.1 Å². The molecule has 0 saturated heterocycles. The maximum atomic E-state index is 11.3. The normalized spacial score (nSPS) is 11.8. The second-order valence-electron chi connectivity index (χ2n) is 5.60. The second kappa shape index (κ2) is 6.71. The van der Waals surface area contributed by atoms with Crippen LogP contribution in [0.15, 0.2) is 24.3 Å². The predicted molar refractivity (Wildman–Crippen MR) is 78.2 cm³/mol. The Morgan fingerprint density at radius 2 is 1.68 bits per heavy atom.